The number of nitrogens with one attached hydrogen (secondary N) is 1. The van der Waals surface area contributed by atoms with Crippen molar-refractivity contribution in [3.63, 3.8) is 0 Å². The Morgan fingerprint density at radius 3 is 2.88 bits per heavy atom. The van der Waals surface area contributed by atoms with Crippen molar-refractivity contribution in [3.05, 3.63) is 29.6 Å². The van der Waals surface area contributed by atoms with Gasteiger partial charge in [-0.05, 0) is 29.9 Å². The quantitative estimate of drug-likeness (QED) is 0.571. The van der Waals surface area contributed by atoms with Crippen LogP contribution in [0.25, 0.3) is 0 Å². The second kappa shape index (κ2) is 8.50. The monoisotopic (exact) mass is 257 g/mol. The first-order chi connectivity index (χ1) is 8.27. The number of hydrogen-bond acceptors (Lipinski definition) is 3. The van der Waals surface area contributed by atoms with Gasteiger partial charge in [0.25, 0.3) is 0 Å². The van der Waals surface area contributed by atoms with Crippen LogP contribution >= 0.6 is 11.8 Å². The molecule has 0 aromatic heterocycles. The van der Waals surface area contributed by atoms with Crippen molar-refractivity contribution in [2.24, 2.45) is 0 Å². The van der Waals surface area contributed by atoms with Gasteiger partial charge in [-0.1, -0.05) is 13.0 Å². The first-order valence-corrected chi connectivity index (χ1v) is 6.87. The molecule has 1 aromatic rings. The molecule has 0 bridgehead atoms. The van der Waals surface area contributed by atoms with Crippen LogP contribution in [0.15, 0.2) is 23.1 Å². The van der Waals surface area contributed by atoms with Crippen molar-refractivity contribution >= 4 is 11.8 Å². The number of ether oxygens (including phenoxy) is 1. The van der Waals surface area contributed by atoms with Gasteiger partial charge >= 0.3 is 0 Å². The van der Waals surface area contributed by atoms with Crippen LogP contribution in [-0.4, -0.2) is 26.0 Å². The topological polar surface area (TPSA) is 21.3 Å². The standard InChI is InChI=1S/C13H20FNOS/c1-3-8-17-13-5-4-11(9-12(13)14)10-15-6-7-16-2/h4-5,9,15H,3,6-8,10H2,1-2H3. The molecule has 96 valence electrons. The van der Waals surface area contributed by atoms with Crippen LogP contribution in [0, 0.1) is 5.82 Å². The molecule has 0 saturated heterocycles. The van der Waals surface area contributed by atoms with E-state index in [9.17, 15) is 4.39 Å². The zero-order valence-electron chi connectivity index (χ0n) is 10.5. The SMILES string of the molecule is CCCSc1ccc(CNCCOC)cc1F. The normalized spacial score (nSPS) is 10.8. The molecule has 0 fully saturated rings. The van der Waals surface area contributed by atoms with Crippen LogP contribution in [0.2, 0.25) is 0 Å². The average molecular weight is 257 g/mol. The van der Waals surface area contributed by atoms with Crippen LogP contribution in [-0.2, 0) is 11.3 Å². The van der Waals surface area contributed by atoms with Gasteiger partial charge < -0.3 is 10.1 Å². The molecule has 2 nitrogen and oxygen atoms in total. The van der Waals surface area contributed by atoms with Gasteiger partial charge in [-0.15, -0.1) is 11.8 Å². The lowest BCUT2D eigenvalue weighted by Gasteiger charge is -2.07. The first kappa shape index (κ1) is 14.5. The summed E-state index contributed by atoms with van der Waals surface area (Å²) in [7, 11) is 1.67. The highest BCUT2D eigenvalue weighted by Gasteiger charge is 2.03. The van der Waals surface area contributed by atoms with Gasteiger partial charge in [-0.3, -0.25) is 0 Å². The molecule has 0 atom stereocenters. The van der Waals surface area contributed by atoms with Crippen molar-refractivity contribution in [1.82, 2.24) is 5.32 Å². The van der Waals surface area contributed by atoms with E-state index in [1.165, 1.54) is 0 Å². The molecule has 1 rings (SSSR count). The van der Waals surface area contributed by atoms with Crippen LogP contribution in [0.5, 0.6) is 0 Å². The molecular formula is C13H20FNOS. The fourth-order valence-electron chi connectivity index (χ4n) is 1.39. The predicted octanol–water partition coefficient (Wildman–Crippen LogP) is 3.06. The van der Waals surface area contributed by atoms with Crippen molar-refractivity contribution in [2.75, 3.05) is 26.0 Å². The Hall–Kier alpha value is -0.580. The summed E-state index contributed by atoms with van der Waals surface area (Å²) in [6.45, 7) is 4.23. The molecule has 1 aromatic carbocycles. The van der Waals surface area contributed by atoms with Crippen molar-refractivity contribution in [2.45, 2.75) is 24.8 Å². The summed E-state index contributed by atoms with van der Waals surface area (Å²) in [5.41, 5.74) is 0.972. The summed E-state index contributed by atoms with van der Waals surface area (Å²) in [5, 5.41) is 3.19. The van der Waals surface area contributed by atoms with Gasteiger partial charge in [-0.2, -0.15) is 0 Å². The Morgan fingerprint density at radius 1 is 1.41 bits per heavy atom. The highest BCUT2D eigenvalue weighted by Crippen LogP contribution is 2.23. The van der Waals surface area contributed by atoms with E-state index < -0.39 is 0 Å². The fraction of sp³-hybridized carbons (Fsp3) is 0.538. The average Bonchev–Trinajstić information content (AvgIpc) is 2.34. The zero-order chi connectivity index (χ0) is 12.5. The maximum atomic E-state index is 13.7. The lowest BCUT2D eigenvalue weighted by molar-refractivity contribution is 0.199. The smallest absolute Gasteiger partial charge is 0.137 e. The zero-order valence-corrected chi connectivity index (χ0v) is 11.3. The molecule has 0 heterocycles. The van der Waals surface area contributed by atoms with Crippen LogP contribution in [0.3, 0.4) is 0 Å². The third-order valence-corrected chi connectivity index (χ3v) is 3.52. The van der Waals surface area contributed by atoms with E-state index in [1.54, 1.807) is 24.9 Å². The molecule has 0 unspecified atom stereocenters. The Labute approximate surface area is 107 Å². The molecule has 17 heavy (non-hydrogen) atoms. The molecule has 0 amide bonds. The highest BCUT2D eigenvalue weighted by atomic mass is 32.2. The predicted molar refractivity (Wildman–Crippen MR) is 71.0 cm³/mol. The highest BCUT2D eigenvalue weighted by molar-refractivity contribution is 7.99. The molecule has 0 radical (unpaired) electrons. The molecule has 0 spiro atoms. The van der Waals surface area contributed by atoms with Gasteiger partial charge in [0, 0.05) is 25.1 Å². The van der Waals surface area contributed by atoms with E-state index in [4.69, 9.17) is 4.74 Å². The number of halogens is 1. The van der Waals surface area contributed by atoms with Gasteiger partial charge in [0.2, 0.25) is 0 Å². The third-order valence-electron chi connectivity index (χ3n) is 2.27. The second-order valence-corrected chi connectivity index (χ2v) is 4.92. The van der Waals surface area contributed by atoms with E-state index in [0.717, 1.165) is 29.2 Å². The summed E-state index contributed by atoms with van der Waals surface area (Å²) in [4.78, 5) is 0.743. The lowest BCUT2D eigenvalue weighted by atomic mass is 10.2. The van der Waals surface area contributed by atoms with Gasteiger partial charge in [0.15, 0.2) is 0 Å². The molecule has 1 N–H and O–H groups in total. The van der Waals surface area contributed by atoms with Crippen LogP contribution < -0.4 is 5.32 Å². The van der Waals surface area contributed by atoms with Gasteiger partial charge in [-0.25, -0.2) is 4.39 Å². The summed E-state index contributed by atoms with van der Waals surface area (Å²) in [6.07, 6.45) is 1.06. The molecule has 0 aliphatic rings. The number of benzene rings is 1. The third kappa shape index (κ3) is 5.52. The Bertz CT molecular complexity index is 333. The van der Waals surface area contributed by atoms with E-state index in [-0.39, 0.29) is 5.82 Å². The van der Waals surface area contributed by atoms with E-state index >= 15 is 0 Å². The number of hydrogen-bond donors (Lipinski definition) is 1. The van der Waals surface area contributed by atoms with Crippen molar-refractivity contribution in [1.29, 1.82) is 0 Å². The van der Waals surface area contributed by atoms with Crippen LogP contribution in [0.1, 0.15) is 18.9 Å². The largest absolute Gasteiger partial charge is 0.383 e. The van der Waals surface area contributed by atoms with Crippen molar-refractivity contribution in [3.8, 4) is 0 Å². The number of methoxy groups -OCH3 is 1. The maximum absolute atomic E-state index is 13.7. The molecule has 4 heteroatoms. The summed E-state index contributed by atoms with van der Waals surface area (Å²) in [5.74, 6) is 0.844. The molecule has 0 aliphatic heterocycles. The van der Waals surface area contributed by atoms with Crippen LogP contribution in [0.4, 0.5) is 4.39 Å². The summed E-state index contributed by atoms with van der Waals surface area (Å²) >= 11 is 1.57. The van der Waals surface area contributed by atoms with E-state index in [2.05, 4.69) is 12.2 Å². The van der Waals surface area contributed by atoms with E-state index in [0.29, 0.717) is 13.2 Å². The lowest BCUT2D eigenvalue weighted by Crippen LogP contribution is -2.18. The Balaban J connectivity index is 2.44. The fourth-order valence-corrected chi connectivity index (χ4v) is 2.18. The minimum atomic E-state index is -0.116. The van der Waals surface area contributed by atoms with Crippen molar-refractivity contribution < 1.29 is 9.13 Å². The summed E-state index contributed by atoms with van der Waals surface area (Å²) < 4.78 is 18.6. The molecule has 0 saturated carbocycles. The Morgan fingerprint density at radius 2 is 2.24 bits per heavy atom. The second-order valence-electron chi connectivity index (χ2n) is 3.78. The van der Waals surface area contributed by atoms with Gasteiger partial charge in [0.05, 0.1) is 6.61 Å². The van der Waals surface area contributed by atoms with E-state index in [1.807, 2.05) is 12.1 Å². The maximum Gasteiger partial charge on any atom is 0.137 e. The molecular weight excluding hydrogens is 237 g/mol. The van der Waals surface area contributed by atoms with Gasteiger partial charge in [0.1, 0.15) is 5.82 Å². The first-order valence-electron chi connectivity index (χ1n) is 5.88. The summed E-state index contributed by atoms with van der Waals surface area (Å²) in [6, 6.07) is 5.45. The minimum Gasteiger partial charge on any atom is -0.383 e. The number of thioether (sulfide) groups is 1. The number of rotatable bonds is 8. The molecule has 0 aliphatic carbocycles. The Kier molecular flexibility index (Phi) is 7.24. The minimum absolute atomic E-state index is 0.116.